The van der Waals surface area contributed by atoms with Gasteiger partial charge >= 0.3 is 6.03 Å². The van der Waals surface area contributed by atoms with E-state index >= 15 is 0 Å². The molecule has 0 saturated carbocycles. The van der Waals surface area contributed by atoms with Crippen LogP contribution in [0.4, 0.5) is 26.2 Å². The van der Waals surface area contributed by atoms with Gasteiger partial charge in [-0.1, -0.05) is 59.6 Å². The monoisotopic (exact) mass is 601 g/mol. The van der Waals surface area contributed by atoms with E-state index in [0.717, 1.165) is 11.3 Å². The van der Waals surface area contributed by atoms with Crippen LogP contribution in [-0.4, -0.2) is 18.9 Å². The summed E-state index contributed by atoms with van der Waals surface area (Å²) < 4.78 is 20.0. The van der Waals surface area contributed by atoms with Crippen molar-refractivity contribution in [1.82, 2.24) is 0 Å². The van der Waals surface area contributed by atoms with Crippen molar-refractivity contribution in [2.75, 3.05) is 22.6 Å². The Balaban J connectivity index is 1.49. The fourth-order valence-electron chi connectivity index (χ4n) is 5.68. The van der Waals surface area contributed by atoms with Gasteiger partial charge in [-0.05, 0) is 78.1 Å². The number of hydrogen-bond acceptors (Lipinski definition) is 4. The van der Waals surface area contributed by atoms with Crippen LogP contribution in [-0.2, 0) is 4.79 Å². The molecule has 0 unspecified atom stereocenters. The molecule has 1 aliphatic heterocycles. The van der Waals surface area contributed by atoms with Crippen molar-refractivity contribution in [3.05, 3.63) is 129 Å². The van der Waals surface area contributed by atoms with Crippen LogP contribution in [0.3, 0.4) is 0 Å². The van der Waals surface area contributed by atoms with Crippen LogP contribution in [0.1, 0.15) is 35.9 Å². The van der Waals surface area contributed by atoms with Crippen LogP contribution in [0.2, 0.25) is 10.0 Å². The lowest BCUT2D eigenvalue weighted by molar-refractivity contribution is -0.116. The highest BCUT2D eigenvalue weighted by molar-refractivity contribution is 6.42. The molecule has 2 aliphatic rings. The Labute approximate surface area is 252 Å². The lowest BCUT2D eigenvalue weighted by Gasteiger charge is -2.35. The van der Waals surface area contributed by atoms with E-state index in [1.165, 1.54) is 17.0 Å². The van der Waals surface area contributed by atoms with E-state index in [-0.39, 0.29) is 23.1 Å². The van der Waals surface area contributed by atoms with Gasteiger partial charge in [0.05, 0.1) is 34.6 Å². The first kappa shape index (κ1) is 27.8. The van der Waals surface area contributed by atoms with Crippen LogP contribution >= 0.6 is 23.2 Å². The van der Waals surface area contributed by atoms with Crippen molar-refractivity contribution in [1.29, 1.82) is 0 Å². The molecule has 2 amide bonds. The van der Waals surface area contributed by atoms with Crippen LogP contribution in [0.15, 0.2) is 102 Å². The summed E-state index contributed by atoms with van der Waals surface area (Å²) in [4.78, 5) is 29.8. The van der Waals surface area contributed by atoms with E-state index in [9.17, 15) is 14.0 Å². The molecule has 1 heterocycles. The van der Waals surface area contributed by atoms with Gasteiger partial charge in [0.1, 0.15) is 11.6 Å². The predicted octanol–water partition coefficient (Wildman–Crippen LogP) is 8.75. The molecule has 0 aromatic heterocycles. The quantitative estimate of drug-likeness (QED) is 0.245. The number of amides is 2. The number of carbonyl (C=O) groups is 2. The number of nitrogens with one attached hydrogen (secondary N) is 2. The number of halogens is 3. The second-order valence-electron chi connectivity index (χ2n) is 10.2. The zero-order valence-corrected chi connectivity index (χ0v) is 24.0. The first-order valence-corrected chi connectivity index (χ1v) is 14.1. The summed E-state index contributed by atoms with van der Waals surface area (Å²) in [6.45, 7) is 0. The van der Waals surface area contributed by atoms with Crippen molar-refractivity contribution >= 4 is 52.1 Å². The number of ether oxygens (including phenoxy) is 1. The maximum absolute atomic E-state index is 14.7. The Morgan fingerprint density at radius 3 is 2.45 bits per heavy atom. The molecule has 9 heteroatoms. The topological polar surface area (TPSA) is 70.7 Å². The Hall–Kier alpha value is -4.33. The highest BCUT2D eigenvalue weighted by Crippen LogP contribution is 2.47. The summed E-state index contributed by atoms with van der Waals surface area (Å²) in [5.74, 6) is 0.0481. The van der Waals surface area contributed by atoms with Crippen LogP contribution in [0.5, 0.6) is 5.75 Å². The maximum Gasteiger partial charge on any atom is 0.327 e. The molecule has 0 radical (unpaired) electrons. The Kier molecular flexibility index (Phi) is 7.62. The van der Waals surface area contributed by atoms with Crippen LogP contribution in [0, 0.1) is 5.82 Å². The number of rotatable bonds is 4. The molecule has 1 aliphatic carbocycles. The smallest absolute Gasteiger partial charge is 0.327 e. The average molecular weight is 602 g/mol. The summed E-state index contributed by atoms with van der Waals surface area (Å²) in [6.07, 6.45) is 0.757. The molecule has 0 fully saturated rings. The summed E-state index contributed by atoms with van der Waals surface area (Å²) in [6, 6.07) is 24.4. The molecule has 0 bridgehead atoms. The van der Waals surface area contributed by atoms with Gasteiger partial charge in [-0.3, -0.25) is 9.69 Å². The maximum atomic E-state index is 14.7. The van der Waals surface area contributed by atoms with Gasteiger partial charge in [0.25, 0.3) is 0 Å². The van der Waals surface area contributed by atoms with Crippen molar-refractivity contribution in [2.45, 2.75) is 24.8 Å². The number of Topliss-reactive ketones (excluding diaryl/α,β-unsaturated/α-hetero) is 1. The first-order valence-electron chi connectivity index (χ1n) is 13.4. The number of para-hydroxylation sites is 2. The number of allylic oxidation sites excluding steroid dienone is 1. The van der Waals surface area contributed by atoms with Gasteiger partial charge in [0, 0.05) is 23.4 Å². The van der Waals surface area contributed by atoms with Crippen LogP contribution in [0.25, 0.3) is 0 Å². The summed E-state index contributed by atoms with van der Waals surface area (Å²) >= 11 is 12.3. The number of nitrogens with zero attached hydrogens (tertiary/aromatic N) is 1. The molecule has 6 nitrogen and oxygen atoms in total. The molecule has 4 aromatic rings. The summed E-state index contributed by atoms with van der Waals surface area (Å²) in [7, 11) is 1.61. The van der Waals surface area contributed by atoms with Crippen molar-refractivity contribution < 1.29 is 18.7 Å². The lowest BCUT2D eigenvalue weighted by Crippen LogP contribution is -2.41. The Morgan fingerprint density at radius 2 is 1.71 bits per heavy atom. The van der Waals surface area contributed by atoms with Crippen molar-refractivity contribution in [3.63, 3.8) is 0 Å². The minimum absolute atomic E-state index is 0.0911. The van der Waals surface area contributed by atoms with E-state index in [0.29, 0.717) is 45.3 Å². The molecule has 212 valence electrons. The van der Waals surface area contributed by atoms with E-state index in [4.69, 9.17) is 27.9 Å². The van der Waals surface area contributed by atoms with Crippen LogP contribution < -0.4 is 20.3 Å². The average Bonchev–Trinajstić information content (AvgIpc) is 3.14. The molecule has 6 rings (SSSR count). The standard InChI is InChI=1S/C33H26Cl2FN3O3/c1-42-24-12-9-19(10-13-24)21-16-28-31(30(40)17-21)32(20-5-4-6-22(36)15-20)39(29-8-3-2-7-27(29)38-28)33(41)37-23-11-14-25(34)26(35)18-23/h2-15,18,21,32,38H,16-17H2,1H3,(H,37,41)/t21-,32+/m1/s1. The Bertz CT molecular complexity index is 1720. The predicted molar refractivity (Wildman–Crippen MR) is 164 cm³/mol. The molecule has 0 saturated heterocycles. The van der Waals surface area contributed by atoms with Crippen molar-refractivity contribution in [2.24, 2.45) is 0 Å². The van der Waals surface area contributed by atoms with Gasteiger partial charge in [-0.2, -0.15) is 0 Å². The second kappa shape index (κ2) is 11.5. The number of anilines is 3. The van der Waals surface area contributed by atoms with E-state index in [2.05, 4.69) is 10.6 Å². The number of hydrogen-bond donors (Lipinski definition) is 2. The third kappa shape index (κ3) is 5.33. The lowest BCUT2D eigenvalue weighted by atomic mass is 9.78. The number of fused-ring (bicyclic) bond motifs is 1. The molecule has 2 N–H and O–H groups in total. The SMILES string of the molecule is COc1ccc([C@H]2CC(=O)C3=C(C2)Nc2ccccc2N(C(=O)Nc2ccc(Cl)c(Cl)c2)[C@H]3c2cccc(F)c2)cc1. The number of ketones is 1. The number of carbonyl (C=O) groups excluding carboxylic acids is 2. The summed E-state index contributed by atoms with van der Waals surface area (Å²) in [5, 5.41) is 7.00. The van der Waals surface area contributed by atoms with Gasteiger partial charge in [0.2, 0.25) is 0 Å². The summed E-state index contributed by atoms with van der Waals surface area (Å²) in [5.41, 5.74) is 4.20. The normalized spacial score (nSPS) is 18.0. The molecule has 42 heavy (non-hydrogen) atoms. The number of urea groups is 1. The fraction of sp³-hybridized carbons (Fsp3) is 0.152. The Morgan fingerprint density at radius 1 is 0.929 bits per heavy atom. The van der Waals surface area contributed by atoms with Gasteiger partial charge in [-0.25, -0.2) is 9.18 Å². The third-order valence-electron chi connectivity index (χ3n) is 7.63. The zero-order valence-electron chi connectivity index (χ0n) is 22.5. The molecule has 2 atom stereocenters. The van der Waals surface area contributed by atoms with Gasteiger partial charge in [-0.15, -0.1) is 0 Å². The molecule has 0 spiro atoms. The third-order valence-corrected chi connectivity index (χ3v) is 8.37. The van der Waals surface area contributed by atoms with Crippen molar-refractivity contribution in [3.8, 4) is 5.75 Å². The number of methoxy groups -OCH3 is 1. The van der Waals surface area contributed by atoms with Gasteiger partial charge < -0.3 is 15.4 Å². The highest BCUT2D eigenvalue weighted by Gasteiger charge is 2.42. The minimum Gasteiger partial charge on any atom is -0.497 e. The highest BCUT2D eigenvalue weighted by atomic mass is 35.5. The first-order chi connectivity index (χ1) is 20.3. The zero-order chi connectivity index (χ0) is 29.4. The van der Waals surface area contributed by atoms with E-state index in [1.54, 1.807) is 43.5 Å². The fourth-order valence-corrected chi connectivity index (χ4v) is 5.97. The van der Waals surface area contributed by atoms with E-state index in [1.807, 2.05) is 42.5 Å². The van der Waals surface area contributed by atoms with E-state index < -0.39 is 17.9 Å². The molecular formula is C33H26Cl2FN3O3. The number of benzene rings is 4. The second-order valence-corrected chi connectivity index (χ2v) is 11.0. The molecular weight excluding hydrogens is 576 g/mol. The van der Waals surface area contributed by atoms with Gasteiger partial charge in [0.15, 0.2) is 5.78 Å². The largest absolute Gasteiger partial charge is 0.497 e. The molecule has 4 aromatic carbocycles. The minimum atomic E-state index is -0.904.